The predicted molar refractivity (Wildman–Crippen MR) is 158 cm³/mol. The molecule has 0 aliphatic carbocycles. The van der Waals surface area contributed by atoms with Crippen molar-refractivity contribution in [3.63, 3.8) is 0 Å². The van der Waals surface area contributed by atoms with Crippen LogP contribution in [0.1, 0.15) is 18.1 Å². The number of carbonyl (C=O) groups is 3. The molecule has 202 valence electrons. The van der Waals surface area contributed by atoms with E-state index in [0.29, 0.717) is 46.2 Å². The van der Waals surface area contributed by atoms with Crippen molar-refractivity contribution >= 4 is 72.4 Å². The van der Waals surface area contributed by atoms with Gasteiger partial charge >= 0.3 is 0 Å². The van der Waals surface area contributed by atoms with E-state index in [1.165, 1.54) is 7.11 Å². The van der Waals surface area contributed by atoms with Gasteiger partial charge in [0.1, 0.15) is 18.9 Å². The van der Waals surface area contributed by atoms with Gasteiger partial charge in [0.05, 0.1) is 18.6 Å². The summed E-state index contributed by atoms with van der Waals surface area (Å²) in [5, 5.41) is 2.17. The number of amides is 3. The molecular weight excluding hydrogens is 652 g/mol. The number of carbonyl (C=O) groups excluding carboxylic acids is 3. The minimum atomic E-state index is -0.548. The van der Waals surface area contributed by atoms with E-state index < -0.39 is 23.6 Å². The van der Waals surface area contributed by atoms with Crippen LogP contribution in [0.4, 0.5) is 10.5 Å². The van der Waals surface area contributed by atoms with Crippen LogP contribution in [0.15, 0.2) is 74.5 Å². The molecule has 0 spiro atoms. The van der Waals surface area contributed by atoms with E-state index in [9.17, 15) is 14.4 Å². The van der Waals surface area contributed by atoms with Gasteiger partial charge in [0.15, 0.2) is 11.5 Å². The standard InChI is InChI=1S/C28H24Br2N2O6S/c1-3-37-21-10-8-20(9-11-21)31-26(33)15-32-27(34)25(39-28(32)35)13-18-12-23(36-2)24(14-22(18)30)38-16-17-4-6-19(29)7-5-17/h4-14H,3,15-16H2,1-2H3,(H,31,33)/b25-13+. The smallest absolute Gasteiger partial charge is 0.294 e. The summed E-state index contributed by atoms with van der Waals surface area (Å²) in [7, 11) is 1.52. The van der Waals surface area contributed by atoms with Crippen LogP contribution in [-0.4, -0.2) is 42.2 Å². The number of rotatable bonds is 10. The highest BCUT2D eigenvalue weighted by Gasteiger charge is 2.36. The number of ether oxygens (including phenoxy) is 3. The quantitative estimate of drug-likeness (QED) is 0.234. The molecule has 0 saturated carbocycles. The summed E-state index contributed by atoms with van der Waals surface area (Å²) < 4.78 is 18.5. The number of imide groups is 1. The van der Waals surface area contributed by atoms with Crippen molar-refractivity contribution in [1.29, 1.82) is 0 Å². The Bertz CT molecular complexity index is 1410. The summed E-state index contributed by atoms with van der Waals surface area (Å²) in [6.45, 7) is 2.35. The molecule has 1 aliphatic rings. The first-order chi connectivity index (χ1) is 18.8. The summed E-state index contributed by atoms with van der Waals surface area (Å²) >= 11 is 7.70. The second kappa shape index (κ2) is 13.2. The van der Waals surface area contributed by atoms with Gasteiger partial charge in [0.25, 0.3) is 11.1 Å². The molecule has 3 amide bonds. The lowest BCUT2D eigenvalue weighted by Crippen LogP contribution is -2.36. The van der Waals surface area contributed by atoms with Gasteiger partial charge < -0.3 is 19.5 Å². The number of thioether (sulfide) groups is 1. The number of halogens is 2. The van der Waals surface area contributed by atoms with E-state index in [-0.39, 0.29) is 4.91 Å². The topological polar surface area (TPSA) is 94.2 Å². The Kier molecular flexibility index (Phi) is 9.71. The van der Waals surface area contributed by atoms with Gasteiger partial charge in [-0.1, -0.05) is 44.0 Å². The maximum absolute atomic E-state index is 13.0. The van der Waals surface area contributed by atoms with E-state index in [2.05, 4.69) is 37.2 Å². The zero-order valence-corrected chi connectivity index (χ0v) is 25.0. The molecule has 8 nitrogen and oxygen atoms in total. The highest BCUT2D eigenvalue weighted by Crippen LogP contribution is 2.38. The Morgan fingerprint density at radius 1 is 1.00 bits per heavy atom. The number of benzene rings is 3. The van der Waals surface area contributed by atoms with Crippen molar-refractivity contribution in [2.45, 2.75) is 13.5 Å². The molecule has 0 bridgehead atoms. The van der Waals surface area contributed by atoms with Crippen molar-refractivity contribution in [1.82, 2.24) is 4.90 Å². The number of hydrogen-bond donors (Lipinski definition) is 1. The fourth-order valence-electron chi connectivity index (χ4n) is 3.60. The molecule has 3 aromatic rings. The van der Waals surface area contributed by atoms with Gasteiger partial charge in [-0.25, -0.2) is 0 Å². The summed E-state index contributed by atoms with van der Waals surface area (Å²) in [5.41, 5.74) is 2.14. The monoisotopic (exact) mass is 674 g/mol. The van der Waals surface area contributed by atoms with E-state index in [0.717, 1.165) is 26.7 Å². The van der Waals surface area contributed by atoms with Crippen LogP contribution in [0.5, 0.6) is 17.2 Å². The first kappa shape index (κ1) is 28.7. The lowest BCUT2D eigenvalue weighted by molar-refractivity contribution is -0.127. The third-order valence-electron chi connectivity index (χ3n) is 5.50. The summed E-state index contributed by atoms with van der Waals surface area (Å²) in [5.74, 6) is 0.628. The zero-order chi connectivity index (χ0) is 27.9. The molecule has 1 heterocycles. The average Bonchev–Trinajstić information content (AvgIpc) is 3.18. The van der Waals surface area contributed by atoms with Crippen molar-refractivity contribution in [2.24, 2.45) is 0 Å². The number of hydrogen-bond acceptors (Lipinski definition) is 7. The van der Waals surface area contributed by atoms with Crippen LogP contribution in [0.25, 0.3) is 6.08 Å². The Morgan fingerprint density at radius 2 is 1.72 bits per heavy atom. The molecule has 1 aliphatic heterocycles. The minimum Gasteiger partial charge on any atom is -0.494 e. The summed E-state index contributed by atoms with van der Waals surface area (Å²) in [6, 6.07) is 18.1. The zero-order valence-electron chi connectivity index (χ0n) is 21.0. The molecule has 1 fully saturated rings. The molecule has 3 aromatic carbocycles. The number of nitrogens with zero attached hydrogens (tertiary/aromatic N) is 1. The lowest BCUT2D eigenvalue weighted by Gasteiger charge is -2.14. The second-order valence-electron chi connectivity index (χ2n) is 8.21. The maximum Gasteiger partial charge on any atom is 0.294 e. The van der Waals surface area contributed by atoms with Crippen LogP contribution in [0.2, 0.25) is 0 Å². The van der Waals surface area contributed by atoms with E-state index in [1.54, 1.807) is 42.5 Å². The third kappa shape index (κ3) is 7.43. The van der Waals surface area contributed by atoms with Crippen molar-refractivity contribution in [2.75, 3.05) is 25.6 Å². The molecule has 1 saturated heterocycles. The van der Waals surface area contributed by atoms with E-state index in [1.807, 2.05) is 31.2 Å². The van der Waals surface area contributed by atoms with Crippen LogP contribution < -0.4 is 19.5 Å². The van der Waals surface area contributed by atoms with Crippen LogP contribution in [0.3, 0.4) is 0 Å². The first-order valence-corrected chi connectivity index (χ1v) is 14.2. The van der Waals surface area contributed by atoms with E-state index >= 15 is 0 Å². The van der Waals surface area contributed by atoms with Gasteiger partial charge in [0, 0.05) is 14.6 Å². The Morgan fingerprint density at radius 3 is 2.38 bits per heavy atom. The Labute approximate surface area is 246 Å². The van der Waals surface area contributed by atoms with Crippen molar-refractivity contribution < 1.29 is 28.6 Å². The maximum atomic E-state index is 13.0. The molecule has 0 atom stereocenters. The Hall–Kier alpha value is -3.28. The van der Waals surface area contributed by atoms with Crippen LogP contribution in [-0.2, 0) is 16.2 Å². The first-order valence-electron chi connectivity index (χ1n) is 11.8. The van der Waals surface area contributed by atoms with Gasteiger partial charge in [-0.2, -0.15) is 0 Å². The fourth-order valence-corrected chi connectivity index (χ4v) is 5.13. The highest BCUT2D eigenvalue weighted by molar-refractivity contribution is 9.10. The predicted octanol–water partition coefficient (Wildman–Crippen LogP) is 6.87. The lowest BCUT2D eigenvalue weighted by atomic mass is 10.1. The van der Waals surface area contributed by atoms with Crippen molar-refractivity contribution in [3.8, 4) is 17.2 Å². The van der Waals surface area contributed by atoms with Crippen LogP contribution in [0, 0.1) is 0 Å². The highest BCUT2D eigenvalue weighted by atomic mass is 79.9. The Balaban J connectivity index is 1.43. The molecular formula is C28H24Br2N2O6S. The molecule has 0 aromatic heterocycles. The fraction of sp³-hybridized carbons (Fsp3) is 0.179. The molecule has 39 heavy (non-hydrogen) atoms. The van der Waals surface area contributed by atoms with Crippen molar-refractivity contribution in [3.05, 3.63) is 85.6 Å². The second-order valence-corrected chi connectivity index (χ2v) is 11.0. The molecule has 1 N–H and O–H groups in total. The average molecular weight is 676 g/mol. The summed E-state index contributed by atoms with van der Waals surface area (Å²) in [6.07, 6.45) is 1.58. The van der Waals surface area contributed by atoms with Gasteiger partial charge in [0.2, 0.25) is 5.91 Å². The number of anilines is 1. The van der Waals surface area contributed by atoms with Gasteiger partial charge in [-0.15, -0.1) is 0 Å². The van der Waals surface area contributed by atoms with Gasteiger partial charge in [-0.05, 0) is 84.4 Å². The van der Waals surface area contributed by atoms with Crippen LogP contribution >= 0.6 is 43.6 Å². The molecule has 0 unspecified atom stereocenters. The third-order valence-corrected chi connectivity index (χ3v) is 7.62. The number of methoxy groups -OCH3 is 1. The minimum absolute atomic E-state index is 0.195. The van der Waals surface area contributed by atoms with Gasteiger partial charge in [-0.3, -0.25) is 19.3 Å². The number of nitrogens with one attached hydrogen (secondary N) is 1. The summed E-state index contributed by atoms with van der Waals surface area (Å²) in [4.78, 5) is 39.2. The molecule has 4 rings (SSSR count). The molecule has 11 heteroatoms. The SMILES string of the molecule is CCOc1ccc(NC(=O)CN2C(=O)S/C(=C/c3cc(OC)c(OCc4ccc(Br)cc4)cc3Br)C2=O)cc1. The molecule has 0 radical (unpaired) electrons. The van der Waals surface area contributed by atoms with E-state index in [4.69, 9.17) is 14.2 Å². The normalized spacial score (nSPS) is 14.1. The largest absolute Gasteiger partial charge is 0.494 e.